The van der Waals surface area contributed by atoms with Crippen molar-refractivity contribution in [3.63, 3.8) is 0 Å². The Bertz CT molecular complexity index is 641. The van der Waals surface area contributed by atoms with Crippen LogP contribution < -0.4 is 5.32 Å². The molecule has 6 heteroatoms. The smallest absolute Gasteiger partial charge is 0.257 e. The Labute approximate surface area is 141 Å². The molecule has 1 saturated carbocycles. The lowest BCUT2D eigenvalue weighted by Gasteiger charge is -2.27. The molecule has 0 saturated heterocycles. The zero-order valence-electron chi connectivity index (χ0n) is 13.7. The summed E-state index contributed by atoms with van der Waals surface area (Å²) >= 11 is 0. The largest absolute Gasteiger partial charge is 0.340 e. The lowest BCUT2D eigenvalue weighted by Crippen LogP contribution is -2.47. The van der Waals surface area contributed by atoms with E-state index in [1.54, 1.807) is 30.5 Å². The van der Waals surface area contributed by atoms with Gasteiger partial charge in [0.15, 0.2) is 6.19 Å². The van der Waals surface area contributed by atoms with Gasteiger partial charge >= 0.3 is 0 Å². The number of ketones is 1. The molecule has 0 bridgehead atoms. The SMILES string of the molecule is CN(C#N)C(=O)[C@H](CC1CCC(=O)CC1)NC(=O)c1ccccc1. The molecule has 126 valence electrons. The Hall–Kier alpha value is -2.68. The molecule has 1 aromatic rings. The van der Waals surface area contributed by atoms with Crippen molar-refractivity contribution >= 4 is 17.6 Å². The highest BCUT2D eigenvalue weighted by atomic mass is 16.2. The van der Waals surface area contributed by atoms with E-state index in [2.05, 4.69) is 5.32 Å². The molecule has 1 N–H and O–H groups in total. The summed E-state index contributed by atoms with van der Waals surface area (Å²) < 4.78 is 0. The Morgan fingerprint density at radius 1 is 1.29 bits per heavy atom. The highest BCUT2D eigenvalue weighted by molar-refractivity contribution is 5.97. The summed E-state index contributed by atoms with van der Waals surface area (Å²) in [4.78, 5) is 37.0. The molecule has 1 fully saturated rings. The topological polar surface area (TPSA) is 90.3 Å². The van der Waals surface area contributed by atoms with Gasteiger partial charge < -0.3 is 5.32 Å². The molecule has 0 spiro atoms. The molecule has 6 nitrogen and oxygen atoms in total. The number of carbonyl (C=O) groups is 3. The van der Waals surface area contributed by atoms with Crippen molar-refractivity contribution in [2.24, 2.45) is 5.92 Å². The van der Waals surface area contributed by atoms with E-state index in [4.69, 9.17) is 5.26 Å². The fourth-order valence-corrected chi connectivity index (χ4v) is 2.90. The zero-order chi connectivity index (χ0) is 17.5. The summed E-state index contributed by atoms with van der Waals surface area (Å²) in [5, 5.41) is 11.7. The number of likely N-dealkylation sites (N-methyl/N-ethyl adjacent to an activating group) is 1. The minimum atomic E-state index is -0.763. The maximum atomic E-state index is 12.4. The molecule has 2 amide bonds. The standard InChI is InChI=1S/C18H21N3O3/c1-21(12-19)18(24)16(11-13-7-9-15(22)10-8-13)20-17(23)14-5-3-2-4-6-14/h2-6,13,16H,7-11H2,1H3,(H,20,23)/t16-/m0/s1. The van der Waals surface area contributed by atoms with Gasteiger partial charge in [-0.1, -0.05) is 18.2 Å². The van der Waals surface area contributed by atoms with E-state index in [1.165, 1.54) is 7.05 Å². The van der Waals surface area contributed by atoms with Crippen molar-refractivity contribution in [3.8, 4) is 6.19 Å². The van der Waals surface area contributed by atoms with Crippen LogP contribution in [0.5, 0.6) is 0 Å². The third-order valence-electron chi connectivity index (χ3n) is 4.35. The van der Waals surface area contributed by atoms with Gasteiger partial charge in [0.2, 0.25) is 0 Å². The summed E-state index contributed by atoms with van der Waals surface area (Å²) in [5.41, 5.74) is 0.466. The molecule has 0 heterocycles. The van der Waals surface area contributed by atoms with Gasteiger partial charge in [-0.15, -0.1) is 0 Å². The van der Waals surface area contributed by atoms with E-state index in [1.807, 2.05) is 6.07 Å². The molecule has 0 unspecified atom stereocenters. The number of Topliss-reactive ketones (excluding diaryl/α,β-unsaturated/α-hetero) is 1. The second kappa shape index (κ2) is 8.25. The van der Waals surface area contributed by atoms with E-state index in [9.17, 15) is 14.4 Å². The second-order valence-electron chi connectivity index (χ2n) is 6.11. The summed E-state index contributed by atoms with van der Waals surface area (Å²) in [5.74, 6) is -0.331. The maximum Gasteiger partial charge on any atom is 0.257 e. The first-order valence-electron chi connectivity index (χ1n) is 8.06. The molecule has 24 heavy (non-hydrogen) atoms. The molecule has 1 aliphatic rings. The van der Waals surface area contributed by atoms with E-state index in [0.717, 1.165) is 17.7 Å². The van der Waals surface area contributed by atoms with Gasteiger partial charge in [0.05, 0.1) is 0 Å². The van der Waals surface area contributed by atoms with Crippen LogP contribution >= 0.6 is 0 Å². The average Bonchev–Trinajstić information content (AvgIpc) is 2.62. The van der Waals surface area contributed by atoms with Crippen molar-refractivity contribution in [3.05, 3.63) is 35.9 Å². The number of nitriles is 1. The van der Waals surface area contributed by atoms with Crippen molar-refractivity contribution in [2.75, 3.05) is 7.05 Å². The number of hydrogen-bond acceptors (Lipinski definition) is 4. The molecule has 0 aliphatic heterocycles. The minimum absolute atomic E-state index is 0.194. The molecular formula is C18H21N3O3. The van der Waals surface area contributed by atoms with Crippen LogP contribution in [0.3, 0.4) is 0 Å². The summed E-state index contributed by atoms with van der Waals surface area (Å²) in [6, 6.07) is 7.89. The summed E-state index contributed by atoms with van der Waals surface area (Å²) in [6.07, 6.45) is 4.71. The van der Waals surface area contributed by atoms with Gasteiger partial charge in [0, 0.05) is 25.5 Å². The van der Waals surface area contributed by atoms with Crippen LogP contribution in [-0.4, -0.2) is 35.6 Å². The Morgan fingerprint density at radius 2 is 1.92 bits per heavy atom. The van der Waals surface area contributed by atoms with Gasteiger partial charge in [-0.25, -0.2) is 0 Å². The lowest BCUT2D eigenvalue weighted by molar-refractivity contribution is -0.129. The van der Waals surface area contributed by atoms with Gasteiger partial charge in [-0.2, -0.15) is 5.26 Å². The quantitative estimate of drug-likeness (QED) is 0.660. The molecule has 1 atom stereocenters. The number of rotatable bonds is 5. The average molecular weight is 327 g/mol. The molecule has 1 aliphatic carbocycles. The van der Waals surface area contributed by atoms with Crippen LogP contribution in [-0.2, 0) is 9.59 Å². The third kappa shape index (κ3) is 4.66. The number of hydrogen-bond donors (Lipinski definition) is 1. The lowest BCUT2D eigenvalue weighted by atomic mass is 9.84. The Morgan fingerprint density at radius 3 is 2.50 bits per heavy atom. The Balaban J connectivity index is 2.08. The monoisotopic (exact) mass is 327 g/mol. The first-order chi connectivity index (χ1) is 11.5. The second-order valence-corrected chi connectivity index (χ2v) is 6.11. The molecule has 1 aromatic carbocycles. The maximum absolute atomic E-state index is 12.4. The third-order valence-corrected chi connectivity index (χ3v) is 4.35. The molecule has 0 radical (unpaired) electrons. The van der Waals surface area contributed by atoms with E-state index in [-0.39, 0.29) is 17.6 Å². The number of benzene rings is 1. The van der Waals surface area contributed by atoms with Crippen LogP contribution in [0.2, 0.25) is 0 Å². The first kappa shape index (κ1) is 17.7. The van der Waals surface area contributed by atoms with Crippen molar-refractivity contribution in [1.82, 2.24) is 10.2 Å². The van der Waals surface area contributed by atoms with Crippen LogP contribution in [0.4, 0.5) is 0 Å². The van der Waals surface area contributed by atoms with Crippen molar-refractivity contribution in [2.45, 2.75) is 38.1 Å². The number of nitrogens with one attached hydrogen (secondary N) is 1. The van der Waals surface area contributed by atoms with Crippen molar-refractivity contribution in [1.29, 1.82) is 5.26 Å². The van der Waals surface area contributed by atoms with Crippen LogP contribution in [0.1, 0.15) is 42.5 Å². The van der Waals surface area contributed by atoms with Gasteiger partial charge in [0.1, 0.15) is 11.8 Å². The summed E-state index contributed by atoms with van der Waals surface area (Å²) in [7, 11) is 1.38. The van der Waals surface area contributed by atoms with Gasteiger partial charge in [-0.3, -0.25) is 19.3 Å². The normalized spacial score (nSPS) is 16.1. The van der Waals surface area contributed by atoms with Gasteiger partial charge in [-0.05, 0) is 37.3 Å². The highest BCUT2D eigenvalue weighted by Gasteiger charge is 2.29. The predicted octanol–water partition coefficient (Wildman–Crippen LogP) is 1.87. The predicted molar refractivity (Wildman–Crippen MR) is 87.7 cm³/mol. The fraction of sp³-hybridized carbons (Fsp3) is 0.444. The molecule has 0 aromatic heterocycles. The molecule has 2 rings (SSSR count). The Kier molecular flexibility index (Phi) is 6.07. The minimum Gasteiger partial charge on any atom is -0.340 e. The first-order valence-corrected chi connectivity index (χ1v) is 8.06. The number of amides is 2. The highest BCUT2D eigenvalue weighted by Crippen LogP contribution is 2.26. The van der Waals surface area contributed by atoms with E-state index in [0.29, 0.717) is 24.8 Å². The molecular weight excluding hydrogens is 306 g/mol. The number of carbonyl (C=O) groups excluding carboxylic acids is 3. The van der Waals surface area contributed by atoms with Crippen LogP contribution in [0.25, 0.3) is 0 Å². The van der Waals surface area contributed by atoms with Crippen LogP contribution in [0.15, 0.2) is 30.3 Å². The number of nitrogens with zero attached hydrogens (tertiary/aromatic N) is 2. The van der Waals surface area contributed by atoms with E-state index >= 15 is 0 Å². The van der Waals surface area contributed by atoms with E-state index < -0.39 is 11.9 Å². The fourth-order valence-electron chi connectivity index (χ4n) is 2.90. The van der Waals surface area contributed by atoms with Crippen molar-refractivity contribution < 1.29 is 14.4 Å². The van der Waals surface area contributed by atoms with Crippen LogP contribution in [0, 0.1) is 17.4 Å². The summed E-state index contributed by atoms with van der Waals surface area (Å²) in [6.45, 7) is 0. The zero-order valence-corrected chi connectivity index (χ0v) is 13.7. The van der Waals surface area contributed by atoms with Gasteiger partial charge in [0.25, 0.3) is 11.8 Å².